The third kappa shape index (κ3) is 4.51. The molecule has 7 nitrogen and oxygen atoms in total. The Kier molecular flexibility index (Phi) is 6.14. The summed E-state index contributed by atoms with van der Waals surface area (Å²) in [5.74, 6) is 1.81. The lowest BCUT2D eigenvalue weighted by Gasteiger charge is -2.40. The van der Waals surface area contributed by atoms with E-state index in [1.807, 2.05) is 29.2 Å². The summed E-state index contributed by atoms with van der Waals surface area (Å²) < 4.78 is 13.2. The van der Waals surface area contributed by atoms with Gasteiger partial charge in [-0.05, 0) is 41.5 Å². The molecule has 182 valence electrons. The zero-order valence-electron chi connectivity index (χ0n) is 19.6. The molecular weight excluding hydrogens is 464 g/mol. The molecule has 3 aliphatic rings. The Morgan fingerprint density at radius 3 is 2.60 bits per heavy atom. The van der Waals surface area contributed by atoms with Crippen LogP contribution in [-0.2, 0) is 17.9 Å². The normalized spacial score (nSPS) is 20.1. The van der Waals surface area contributed by atoms with Crippen LogP contribution in [0.15, 0.2) is 60.8 Å². The van der Waals surface area contributed by atoms with E-state index in [9.17, 15) is 4.79 Å². The molecule has 0 radical (unpaired) electrons. The van der Waals surface area contributed by atoms with Crippen LogP contribution in [0.5, 0.6) is 11.5 Å². The highest BCUT2D eigenvalue weighted by atomic mass is 35.5. The van der Waals surface area contributed by atoms with Crippen LogP contribution in [-0.4, -0.2) is 71.2 Å². The molecule has 35 heavy (non-hydrogen) atoms. The van der Waals surface area contributed by atoms with Gasteiger partial charge in [-0.1, -0.05) is 35.9 Å². The third-order valence-electron chi connectivity index (χ3n) is 7.24. The maximum Gasteiger partial charge on any atom is 0.236 e. The second kappa shape index (κ2) is 9.57. The predicted molar refractivity (Wildman–Crippen MR) is 134 cm³/mol. The Balaban J connectivity index is 1.10. The van der Waals surface area contributed by atoms with Gasteiger partial charge in [0, 0.05) is 62.7 Å². The first-order valence-corrected chi connectivity index (χ1v) is 12.6. The van der Waals surface area contributed by atoms with Gasteiger partial charge in [0.05, 0.1) is 12.6 Å². The van der Waals surface area contributed by atoms with Gasteiger partial charge in [0.15, 0.2) is 11.5 Å². The average Bonchev–Trinajstić information content (AvgIpc) is 3.54. The first-order chi connectivity index (χ1) is 17.2. The fourth-order valence-electron chi connectivity index (χ4n) is 5.38. The Morgan fingerprint density at radius 1 is 0.914 bits per heavy atom. The summed E-state index contributed by atoms with van der Waals surface area (Å²) in [5.41, 5.74) is 3.44. The van der Waals surface area contributed by atoms with Gasteiger partial charge in [0.2, 0.25) is 12.7 Å². The summed E-state index contributed by atoms with van der Waals surface area (Å²) in [6.07, 6.45) is 2.11. The summed E-state index contributed by atoms with van der Waals surface area (Å²) >= 11 is 6.60. The highest BCUT2D eigenvalue weighted by molar-refractivity contribution is 6.31. The first-order valence-electron chi connectivity index (χ1n) is 12.2. The molecule has 1 unspecified atom stereocenters. The highest BCUT2D eigenvalue weighted by Gasteiger charge is 2.33. The first kappa shape index (κ1) is 22.5. The number of halogens is 1. The molecule has 6 rings (SSSR count). The number of ether oxygens (including phenoxy) is 2. The van der Waals surface area contributed by atoms with E-state index in [1.165, 1.54) is 11.3 Å². The maximum absolute atomic E-state index is 13.4. The van der Waals surface area contributed by atoms with E-state index < -0.39 is 0 Å². The molecule has 1 fully saturated rings. The third-order valence-corrected chi connectivity index (χ3v) is 7.59. The molecule has 0 saturated carbocycles. The van der Waals surface area contributed by atoms with Gasteiger partial charge < -0.3 is 18.9 Å². The number of piperazine rings is 1. The highest BCUT2D eigenvalue weighted by Crippen LogP contribution is 2.36. The molecule has 0 spiro atoms. The maximum atomic E-state index is 13.4. The summed E-state index contributed by atoms with van der Waals surface area (Å²) in [5, 5.41) is 0.738. The molecule has 1 saturated heterocycles. The van der Waals surface area contributed by atoms with Gasteiger partial charge in [-0.2, -0.15) is 0 Å². The van der Waals surface area contributed by atoms with Crippen molar-refractivity contribution in [3.05, 3.63) is 82.6 Å². The minimum absolute atomic E-state index is 0.0244. The number of carbonyl (C=O) groups is 1. The molecule has 4 heterocycles. The largest absolute Gasteiger partial charge is 0.454 e. The Bertz CT molecular complexity index is 1220. The van der Waals surface area contributed by atoms with Crippen molar-refractivity contribution in [1.82, 2.24) is 19.3 Å². The van der Waals surface area contributed by atoms with E-state index in [0.717, 1.165) is 67.9 Å². The number of amides is 1. The van der Waals surface area contributed by atoms with Crippen molar-refractivity contribution >= 4 is 17.5 Å². The van der Waals surface area contributed by atoms with E-state index in [-0.39, 0.29) is 11.9 Å². The van der Waals surface area contributed by atoms with Crippen LogP contribution < -0.4 is 9.47 Å². The number of rotatable bonds is 5. The summed E-state index contributed by atoms with van der Waals surface area (Å²) in [6.45, 7) is 6.41. The van der Waals surface area contributed by atoms with Crippen molar-refractivity contribution in [1.29, 1.82) is 0 Å². The van der Waals surface area contributed by atoms with Crippen LogP contribution in [0.25, 0.3) is 0 Å². The molecular formula is C27H29ClN4O3. The molecule has 0 bridgehead atoms. The van der Waals surface area contributed by atoms with Crippen LogP contribution in [0.4, 0.5) is 0 Å². The molecule has 1 aromatic heterocycles. The van der Waals surface area contributed by atoms with E-state index >= 15 is 0 Å². The molecule has 0 N–H and O–H groups in total. The number of hydrogen-bond acceptors (Lipinski definition) is 5. The summed E-state index contributed by atoms with van der Waals surface area (Å²) in [4.78, 5) is 20.0. The lowest BCUT2D eigenvalue weighted by Crippen LogP contribution is -2.52. The van der Waals surface area contributed by atoms with Crippen LogP contribution >= 0.6 is 11.6 Å². The smallest absolute Gasteiger partial charge is 0.236 e. The van der Waals surface area contributed by atoms with E-state index in [2.05, 4.69) is 50.9 Å². The van der Waals surface area contributed by atoms with Gasteiger partial charge in [-0.25, -0.2) is 0 Å². The van der Waals surface area contributed by atoms with Crippen LogP contribution in [0.1, 0.15) is 22.9 Å². The number of fused-ring (bicyclic) bond motifs is 2. The summed E-state index contributed by atoms with van der Waals surface area (Å²) in [6, 6.07) is 18.3. The van der Waals surface area contributed by atoms with Crippen molar-refractivity contribution in [2.45, 2.75) is 19.1 Å². The predicted octanol–water partition coefficient (Wildman–Crippen LogP) is 3.62. The number of benzene rings is 2. The van der Waals surface area contributed by atoms with Gasteiger partial charge in [0.25, 0.3) is 0 Å². The topological polar surface area (TPSA) is 50.2 Å². The Hall–Kier alpha value is -3.00. The van der Waals surface area contributed by atoms with Crippen LogP contribution in [0.2, 0.25) is 5.02 Å². The van der Waals surface area contributed by atoms with Gasteiger partial charge >= 0.3 is 0 Å². The van der Waals surface area contributed by atoms with Crippen molar-refractivity contribution in [3.63, 3.8) is 0 Å². The second-order valence-electron chi connectivity index (χ2n) is 9.37. The lowest BCUT2D eigenvalue weighted by molar-refractivity contribution is -0.134. The number of nitrogens with zero attached hydrogens (tertiary/aromatic N) is 4. The molecule has 2 aromatic carbocycles. The molecule has 1 amide bonds. The number of carbonyl (C=O) groups excluding carboxylic acids is 1. The van der Waals surface area contributed by atoms with Crippen molar-refractivity contribution < 1.29 is 14.3 Å². The van der Waals surface area contributed by atoms with E-state index in [4.69, 9.17) is 21.1 Å². The van der Waals surface area contributed by atoms with Gasteiger partial charge in [0.1, 0.15) is 0 Å². The SMILES string of the molecule is O=C(CN1CCn2cccc2C1c1ccccc1Cl)N1CCN(Cc2ccc3c(c2)OCO3)CC1. The quantitative estimate of drug-likeness (QED) is 0.544. The fraction of sp³-hybridized carbons (Fsp3) is 0.370. The Morgan fingerprint density at radius 2 is 1.74 bits per heavy atom. The Labute approximate surface area is 210 Å². The van der Waals surface area contributed by atoms with Crippen molar-refractivity contribution in [2.75, 3.05) is 46.1 Å². The van der Waals surface area contributed by atoms with E-state index in [0.29, 0.717) is 13.3 Å². The van der Waals surface area contributed by atoms with Crippen molar-refractivity contribution in [3.8, 4) is 11.5 Å². The van der Waals surface area contributed by atoms with Crippen molar-refractivity contribution in [2.24, 2.45) is 0 Å². The van der Waals surface area contributed by atoms with E-state index in [1.54, 1.807) is 0 Å². The van der Waals surface area contributed by atoms with Crippen LogP contribution in [0.3, 0.4) is 0 Å². The fourth-order valence-corrected chi connectivity index (χ4v) is 5.62. The van der Waals surface area contributed by atoms with Gasteiger partial charge in [-0.15, -0.1) is 0 Å². The number of aromatic nitrogens is 1. The average molecular weight is 493 g/mol. The monoisotopic (exact) mass is 492 g/mol. The number of hydrogen-bond donors (Lipinski definition) is 0. The second-order valence-corrected chi connectivity index (χ2v) is 9.77. The molecule has 0 aliphatic carbocycles. The minimum atomic E-state index is -0.0244. The van der Waals surface area contributed by atoms with Gasteiger partial charge in [-0.3, -0.25) is 14.6 Å². The standard InChI is InChI=1S/C27H29ClN4O3/c28-22-5-2-1-4-21(22)27-23-6-3-9-30(23)14-15-32(27)18-26(33)31-12-10-29(11-13-31)17-20-7-8-24-25(16-20)35-19-34-24/h1-9,16,27H,10-15,17-19H2. The minimum Gasteiger partial charge on any atom is -0.454 e. The molecule has 1 atom stereocenters. The molecule has 3 aliphatic heterocycles. The van der Waals surface area contributed by atoms with Crippen LogP contribution in [0, 0.1) is 0 Å². The summed E-state index contributed by atoms with van der Waals surface area (Å²) in [7, 11) is 0. The zero-order chi connectivity index (χ0) is 23.8. The lowest BCUT2D eigenvalue weighted by atomic mass is 9.99. The molecule has 3 aromatic rings. The zero-order valence-corrected chi connectivity index (χ0v) is 20.4. The molecule has 8 heteroatoms.